The Bertz CT molecular complexity index is 673. The van der Waals surface area contributed by atoms with E-state index in [-0.39, 0.29) is 16.3 Å². The molecule has 90 valence electrons. The van der Waals surface area contributed by atoms with Gasteiger partial charge in [0, 0.05) is 11.9 Å². The van der Waals surface area contributed by atoms with Crippen LogP contribution in [0.2, 0.25) is 5.02 Å². The van der Waals surface area contributed by atoms with Crippen LogP contribution in [0.4, 0.5) is 4.39 Å². The average molecular weight is 265 g/mol. The topological polar surface area (TPSA) is 66.0 Å². The standard InChI is InChI=1S/C12H6ClFN2O2/c13-9-5-8(1-2-10(9)14)16-4-3-7(6-15)11(16)12(17)18/h1-5H,(H,17,18). The molecule has 0 fully saturated rings. The first-order valence-corrected chi connectivity index (χ1v) is 5.22. The molecule has 4 nitrogen and oxygen atoms in total. The molecule has 0 aliphatic carbocycles. The summed E-state index contributed by atoms with van der Waals surface area (Å²) >= 11 is 5.64. The van der Waals surface area contributed by atoms with E-state index in [0.29, 0.717) is 5.69 Å². The number of nitriles is 1. The van der Waals surface area contributed by atoms with E-state index >= 15 is 0 Å². The van der Waals surface area contributed by atoms with Gasteiger partial charge >= 0.3 is 5.97 Å². The van der Waals surface area contributed by atoms with Gasteiger partial charge in [0.15, 0.2) is 0 Å². The molecule has 0 aliphatic rings. The number of hydrogen-bond donors (Lipinski definition) is 1. The molecular formula is C12H6ClFN2O2. The summed E-state index contributed by atoms with van der Waals surface area (Å²) in [5.74, 6) is -1.83. The van der Waals surface area contributed by atoms with E-state index in [0.717, 1.165) is 6.07 Å². The third-order valence-electron chi connectivity index (χ3n) is 2.39. The molecule has 0 unspecified atom stereocenters. The maximum atomic E-state index is 13.0. The molecule has 1 heterocycles. The molecule has 0 amide bonds. The van der Waals surface area contributed by atoms with Crippen LogP contribution in [0, 0.1) is 17.1 Å². The maximum Gasteiger partial charge on any atom is 0.354 e. The van der Waals surface area contributed by atoms with Crippen LogP contribution in [0.5, 0.6) is 0 Å². The van der Waals surface area contributed by atoms with Crippen LogP contribution >= 0.6 is 11.6 Å². The summed E-state index contributed by atoms with van der Waals surface area (Å²) in [5, 5.41) is 17.8. The van der Waals surface area contributed by atoms with Crippen LogP contribution in [0.25, 0.3) is 5.69 Å². The van der Waals surface area contributed by atoms with E-state index in [1.807, 2.05) is 0 Å². The number of carboxylic acids is 1. The number of rotatable bonds is 2. The van der Waals surface area contributed by atoms with Crippen LogP contribution in [-0.4, -0.2) is 15.6 Å². The third kappa shape index (κ3) is 1.94. The SMILES string of the molecule is N#Cc1ccn(-c2ccc(F)c(Cl)c2)c1C(=O)O. The number of nitrogens with zero attached hydrogens (tertiary/aromatic N) is 2. The fraction of sp³-hybridized carbons (Fsp3) is 0. The maximum absolute atomic E-state index is 13.0. The summed E-state index contributed by atoms with van der Waals surface area (Å²) in [6, 6.07) is 6.97. The van der Waals surface area contributed by atoms with Crippen molar-refractivity contribution in [3.63, 3.8) is 0 Å². The summed E-state index contributed by atoms with van der Waals surface area (Å²) in [6.45, 7) is 0. The minimum atomic E-state index is -1.24. The van der Waals surface area contributed by atoms with Gasteiger partial charge in [0.1, 0.15) is 17.6 Å². The largest absolute Gasteiger partial charge is 0.477 e. The Hall–Kier alpha value is -2.32. The van der Waals surface area contributed by atoms with Gasteiger partial charge in [0.05, 0.1) is 10.6 Å². The fourth-order valence-corrected chi connectivity index (χ4v) is 1.77. The van der Waals surface area contributed by atoms with Gasteiger partial charge in [0.2, 0.25) is 0 Å². The van der Waals surface area contributed by atoms with Gasteiger partial charge < -0.3 is 9.67 Å². The normalized spacial score (nSPS) is 10.1. The molecule has 0 spiro atoms. The summed E-state index contributed by atoms with van der Waals surface area (Å²) in [4.78, 5) is 11.1. The van der Waals surface area contributed by atoms with Crippen LogP contribution in [0.1, 0.15) is 16.1 Å². The van der Waals surface area contributed by atoms with Crippen molar-refractivity contribution in [3.05, 3.63) is 52.6 Å². The summed E-state index contributed by atoms with van der Waals surface area (Å²) in [5.41, 5.74) is 0.225. The minimum absolute atomic E-state index is 0.0305. The molecule has 18 heavy (non-hydrogen) atoms. The number of carboxylic acid groups (broad SMARTS) is 1. The quantitative estimate of drug-likeness (QED) is 0.907. The molecule has 0 aliphatic heterocycles. The van der Waals surface area contributed by atoms with Crippen LogP contribution in [0.15, 0.2) is 30.5 Å². The lowest BCUT2D eigenvalue weighted by molar-refractivity contribution is 0.0688. The van der Waals surface area contributed by atoms with E-state index in [1.165, 1.54) is 29.0 Å². The second kappa shape index (κ2) is 4.51. The van der Waals surface area contributed by atoms with Crippen LogP contribution < -0.4 is 0 Å². The molecule has 1 N–H and O–H groups in total. The molecule has 0 bridgehead atoms. The van der Waals surface area contributed by atoms with Gasteiger partial charge in [-0.05, 0) is 24.3 Å². The molecule has 0 radical (unpaired) electrons. The molecule has 6 heteroatoms. The first kappa shape index (κ1) is 12.1. The molecular weight excluding hydrogens is 259 g/mol. The highest BCUT2D eigenvalue weighted by Crippen LogP contribution is 2.22. The molecule has 1 aromatic heterocycles. The molecule has 0 atom stereocenters. The second-order valence-electron chi connectivity index (χ2n) is 3.46. The number of carbonyl (C=O) groups is 1. The van der Waals surface area contributed by atoms with Crippen LogP contribution in [-0.2, 0) is 0 Å². The molecule has 0 saturated heterocycles. The van der Waals surface area contributed by atoms with Gasteiger partial charge in [-0.2, -0.15) is 5.26 Å². The molecule has 1 aromatic carbocycles. The third-order valence-corrected chi connectivity index (χ3v) is 2.68. The molecule has 2 aromatic rings. The van der Waals surface area contributed by atoms with Gasteiger partial charge in [0.25, 0.3) is 0 Å². The number of hydrogen-bond acceptors (Lipinski definition) is 2. The number of aromatic carboxylic acids is 1. The highest BCUT2D eigenvalue weighted by Gasteiger charge is 2.17. The highest BCUT2D eigenvalue weighted by molar-refractivity contribution is 6.30. The zero-order chi connectivity index (χ0) is 13.3. The predicted octanol–water partition coefficient (Wildman–Crippen LogP) is 2.84. The van der Waals surface area contributed by atoms with E-state index < -0.39 is 11.8 Å². The fourth-order valence-electron chi connectivity index (χ4n) is 1.59. The number of benzene rings is 1. The van der Waals surface area contributed by atoms with E-state index in [9.17, 15) is 9.18 Å². The second-order valence-corrected chi connectivity index (χ2v) is 3.87. The van der Waals surface area contributed by atoms with Gasteiger partial charge in [-0.3, -0.25) is 0 Å². The Morgan fingerprint density at radius 1 is 1.44 bits per heavy atom. The first-order chi connectivity index (χ1) is 8.54. The number of aromatic nitrogens is 1. The van der Waals surface area contributed by atoms with Crippen molar-refractivity contribution < 1.29 is 14.3 Å². The Labute approximate surface area is 106 Å². The number of halogens is 2. The van der Waals surface area contributed by atoms with Gasteiger partial charge in [-0.1, -0.05) is 11.6 Å². The van der Waals surface area contributed by atoms with E-state index in [2.05, 4.69) is 0 Å². The van der Waals surface area contributed by atoms with Crippen LogP contribution in [0.3, 0.4) is 0 Å². The van der Waals surface area contributed by atoms with Crippen molar-refractivity contribution >= 4 is 17.6 Å². The van der Waals surface area contributed by atoms with Gasteiger partial charge in [-0.15, -0.1) is 0 Å². The van der Waals surface area contributed by atoms with E-state index in [4.69, 9.17) is 22.0 Å². The van der Waals surface area contributed by atoms with Crippen molar-refractivity contribution in [2.45, 2.75) is 0 Å². The van der Waals surface area contributed by atoms with E-state index in [1.54, 1.807) is 6.07 Å². The van der Waals surface area contributed by atoms with Crippen molar-refractivity contribution in [1.29, 1.82) is 5.26 Å². The van der Waals surface area contributed by atoms with Gasteiger partial charge in [-0.25, -0.2) is 9.18 Å². The van der Waals surface area contributed by atoms with Crippen molar-refractivity contribution in [1.82, 2.24) is 4.57 Å². The zero-order valence-electron chi connectivity index (χ0n) is 8.89. The lowest BCUT2D eigenvalue weighted by Gasteiger charge is -2.07. The predicted molar refractivity (Wildman–Crippen MR) is 62.4 cm³/mol. The average Bonchev–Trinajstić information content (AvgIpc) is 2.76. The lowest BCUT2D eigenvalue weighted by atomic mass is 10.2. The zero-order valence-corrected chi connectivity index (χ0v) is 9.65. The van der Waals surface area contributed by atoms with Crippen molar-refractivity contribution in [2.24, 2.45) is 0 Å². The minimum Gasteiger partial charge on any atom is -0.477 e. The summed E-state index contributed by atoms with van der Waals surface area (Å²) in [6.07, 6.45) is 1.42. The summed E-state index contributed by atoms with van der Waals surface area (Å²) in [7, 11) is 0. The Morgan fingerprint density at radius 2 is 2.17 bits per heavy atom. The highest BCUT2D eigenvalue weighted by atomic mass is 35.5. The van der Waals surface area contributed by atoms with Crippen molar-refractivity contribution in [2.75, 3.05) is 0 Å². The molecule has 0 saturated carbocycles. The Kier molecular flexibility index (Phi) is 3.04. The molecule has 2 rings (SSSR count). The Balaban J connectivity index is 2.65. The monoisotopic (exact) mass is 264 g/mol. The smallest absolute Gasteiger partial charge is 0.354 e. The first-order valence-electron chi connectivity index (χ1n) is 4.84. The van der Waals surface area contributed by atoms with Crippen molar-refractivity contribution in [3.8, 4) is 11.8 Å². The Morgan fingerprint density at radius 3 is 2.72 bits per heavy atom. The summed E-state index contributed by atoms with van der Waals surface area (Å²) < 4.78 is 14.3. The lowest BCUT2D eigenvalue weighted by Crippen LogP contribution is -2.07.